The summed E-state index contributed by atoms with van der Waals surface area (Å²) in [6.07, 6.45) is 3.47. The second-order valence-corrected chi connectivity index (χ2v) is 4.68. The molecule has 1 atom stereocenters. The van der Waals surface area contributed by atoms with E-state index < -0.39 is 0 Å². The van der Waals surface area contributed by atoms with Crippen LogP contribution >= 0.6 is 20.7 Å². The van der Waals surface area contributed by atoms with E-state index in [4.69, 9.17) is 0 Å². The van der Waals surface area contributed by atoms with Gasteiger partial charge in [-0.1, -0.05) is 5.57 Å². The highest BCUT2D eigenvalue weighted by atomic mass is 32.1. The van der Waals surface area contributed by atoms with Crippen molar-refractivity contribution in [3.05, 3.63) is 21.9 Å². The first-order valence-electron chi connectivity index (χ1n) is 4.04. The van der Waals surface area contributed by atoms with E-state index in [-0.39, 0.29) is 0 Å². The van der Waals surface area contributed by atoms with Gasteiger partial charge in [-0.05, 0) is 40.3 Å². The van der Waals surface area contributed by atoms with Crippen molar-refractivity contribution in [3.63, 3.8) is 0 Å². The monoisotopic (exact) mass is 197 g/mol. The number of hydrogen-bond acceptors (Lipinski definition) is 2. The van der Waals surface area contributed by atoms with Crippen LogP contribution in [0.5, 0.6) is 0 Å². The van der Waals surface area contributed by atoms with Crippen LogP contribution in [-0.2, 0) is 0 Å². The van der Waals surface area contributed by atoms with Crippen molar-refractivity contribution in [1.82, 2.24) is 0 Å². The molecule has 1 aliphatic heterocycles. The van der Waals surface area contributed by atoms with Crippen LogP contribution in [0.4, 0.5) is 5.69 Å². The summed E-state index contributed by atoms with van der Waals surface area (Å²) < 4.78 is 2.25. The predicted molar refractivity (Wildman–Crippen MR) is 59.6 cm³/mol. The van der Waals surface area contributed by atoms with Gasteiger partial charge in [0.15, 0.2) is 0 Å². The zero-order valence-corrected chi connectivity index (χ0v) is 9.05. The lowest BCUT2D eigenvalue weighted by atomic mass is 10.2. The average molecular weight is 197 g/mol. The third-order valence-corrected chi connectivity index (χ3v) is 3.50. The predicted octanol–water partition coefficient (Wildman–Crippen LogP) is 3.15. The fourth-order valence-corrected chi connectivity index (χ4v) is 2.74. The molecule has 2 rings (SSSR count). The fraction of sp³-hybridized carbons (Fsp3) is 0.333. The molecule has 64 valence electrons. The summed E-state index contributed by atoms with van der Waals surface area (Å²) in [4.78, 5) is 1.39. The molecule has 1 aromatic rings. The van der Waals surface area contributed by atoms with Gasteiger partial charge >= 0.3 is 0 Å². The SMILES string of the molecule is CC1=Cc2sccc2N(P)CC1. The minimum atomic E-state index is 1.11. The molecule has 2 heterocycles. The average Bonchev–Trinajstić information content (AvgIpc) is 2.44. The highest BCUT2D eigenvalue weighted by molar-refractivity contribution is 7.19. The van der Waals surface area contributed by atoms with Gasteiger partial charge in [0, 0.05) is 6.54 Å². The maximum absolute atomic E-state index is 2.78. The first-order valence-corrected chi connectivity index (χ1v) is 5.44. The van der Waals surface area contributed by atoms with Crippen LogP contribution in [0.25, 0.3) is 6.08 Å². The molecule has 0 saturated carbocycles. The molecule has 1 unspecified atom stereocenters. The Labute approximate surface area is 79.3 Å². The van der Waals surface area contributed by atoms with Crippen LogP contribution in [-0.4, -0.2) is 6.54 Å². The van der Waals surface area contributed by atoms with Gasteiger partial charge in [-0.25, -0.2) is 0 Å². The highest BCUT2D eigenvalue weighted by Crippen LogP contribution is 2.33. The first kappa shape index (κ1) is 8.28. The topological polar surface area (TPSA) is 3.24 Å². The standard InChI is InChI=1S/C9H12NPS/c1-7-2-4-10(11)8-3-5-12-9(8)6-7/h3,5-6H,2,4,11H2,1H3. The van der Waals surface area contributed by atoms with Crippen molar-refractivity contribution in [3.8, 4) is 0 Å². The van der Waals surface area contributed by atoms with Gasteiger partial charge in [0.1, 0.15) is 0 Å². The van der Waals surface area contributed by atoms with Crippen molar-refractivity contribution in [1.29, 1.82) is 0 Å². The highest BCUT2D eigenvalue weighted by Gasteiger charge is 2.11. The summed E-state index contributed by atoms with van der Waals surface area (Å²) in [5, 5.41) is 2.15. The Hall–Kier alpha value is -0.330. The normalized spacial score (nSPS) is 16.8. The molecular formula is C9H12NPS. The van der Waals surface area contributed by atoms with Gasteiger partial charge in [-0.15, -0.1) is 11.3 Å². The van der Waals surface area contributed by atoms with Gasteiger partial charge in [0.25, 0.3) is 0 Å². The summed E-state index contributed by atoms with van der Waals surface area (Å²) in [7, 11) is 2.78. The zero-order valence-electron chi connectivity index (χ0n) is 7.08. The molecule has 0 spiro atoms. The van der Waals surface area contributed by atoms with E-state index in [0.29, 0.717) is 0 Å². The Morgan fingerprint density at radius 1 is 1.58 bits per heavy atom. The van der Waals surface area contributed by atoms with Crippen LogP contribution in [0.3, 0.4) is 0 Å². The maximum Gasteiger partial charge on any atom is 0.0578 e. The molecule has 0 saturated heterocycles. The van der Waals surface area contributed by atoms with Crippen molar-refractivity contribution in [2.24, 2.45) is 0 Å². The maximum atomic E-state index is 2.78. The third-order valence-electron chi connectivity index (χ3n) is 2.11. The lowest BCUT2D eigenvalue weighted by Gasteiger charge is -2.15. The Bertz CT molecular complexity index is 316. The van der Waals surface area contributed by atoms with E-state index in [9.17, 15) is 0 Å². The largest absolute Gasteiger partial charge is 0.355 e. The number of hydrogen-bond donors (Lipinski definition) is 0. The van der Waals surface area contributed by atoms with Gasteiger partial charge in [-0.3, -0.25) is 0 Å². The van der Waals surface area contributed by atoms with Crippen LogP contribution in [0.1, 0.15) is 18.2 Å². The number of rotatable bonds is 0. The summed E-state index contributed by atoms with van der Waals surface area (Å²) in [6.45, 7) is 3.31. The third kappa shape index (κ3) is 1.41. The molecule has 1 nitrogen and oxygen atoms in total. The lowest BCUT2D eigenvalue weighted by molar-refractivity contribution is 0.964. The molecule has 1 aliphatic rings. The van der Waals surface area contributed by atoms with Crippen LogP contribution in [0.15, 0.2) is 17.0 Å². The second kappa shape index (κ2) is 3.20. The van der Waals surface area contributed by atoms with Gasteiger partial charge in [-0.2, -0.15) is 0 Å². The molecular weight excluding hydrogens is 185 g/mol. The van der Waals surface area contributed by atoms with Crippen molar-refractivity contribution >= 4 is 32.5 Å². The first-order chi connectivity index (χ1) is 5.77. The van der Waals surface area contributed by atoms with E-state index in [1.165, 1.54) is 22.6 Å². The second-order valence-electron chi connectivity index (χ2n) is 3.10. The Kier molecular flexibility index (Phi) is 2.20. The quantitative estimate of drug-likeness (QED) is 0.577. The van der Waals surface area contributed by atoms with E-state index in [2.05, 4.69) is 38.5 Å². The smallest absolute Gasteiger partial charge is 0.0578 e. The van der Waals surface area contributed by atoms with Gasteiger partial charge in [0.05, 0.1) is 10.6 Å². The molecule has 0 radical (unpaired) electrons. The lowest BCUT2D eigenvalue weighted by Crippen LogP contribution is -2.09. The zero-order chi connectivity index (χ0) is 8.55. The van der Waals surface area contributed by atoms with E-state index in [0.717, 1.165) is 6.54 Å². The molecule has 0 fully saturated rings. The summed E-state index contributed by atoms with van der Waals surface area (Å²) in [6, 6.07) is 2.18. The molecule has 0 N–H and O–H groups in total. The van der Waals surface area contributed by atoms with E-state index in [1.807, 2.05) is 11.3 Å². The Morgan fingerprint density at radius 2 is 2.42 bits per heavy atom. The molecule has 0 aromatic carbocycles. The van der Waals surface area contributed by atoms with Gasteiger partial charge < -0.3 is 4.67 Å². The number of nitrogens with zero attached hydrogens (tertiary/aromatic N) is 1. The summed E-state index contributed by atoms with van der Waals surface area (Å²) in [5.74, 6) is 0. The van der Waals surface area contributed by atoms with Crippen LogP contribution in [0.2, 0.25) is 0 Å². The molecule has 12 heavy (non-hydrogen) atoms. The summed E-state index contributed by atoms with van der Waals surface area (Å²) in [5.41, 5.74) is 2.82. The minimum absolute atomic E-state index is 1.11. The Balaban J connectivity index is 2.46. The molecule has 0 amide bonds. The number of fused-ring (bicyclic) bond motifs is 1. The van der Waals surface area contributed by atoms with Gasteiger partial charge in [0.2, 0.25) is 0 Å². The Morgan fingerprint density at radius 3 is 3.25 bits per heavy atom. The molecule has 1 aromatic heterocycles. The minimum Gasteiger partial charge on any atom is -0.355 e. The van der Waals surface area contributed by atoms with E-state index >= 15 is 0 Å². The van der Waals surface area contributed by atoms with Crippen LogP contribution in [0, 0.1) is 0 Å². The van der Waals surface area contributed by atoms with Crippen molar-refractivity contribution in [2.75, 3.05) is 11.2 Å². The number of thiophene rings is 1. The van der Waals surface area contributed by atoms with Crippen molar-refractivity contribution in [2.45, 2.75) is 13.3 Å². The fourth-order valence-electron chi connectivity index (χ4n) is 1.37. The van der Waals surface area contributed by atoms with Crippen LogP contribution < -0.4 is 4.67 Å². The van der Waals surface area contributed by atoms with Crippen molar-refractivity contribution < 1.29 is 0 Å². The summed E-state index contributed by atoms with van der Waals surface area (Å²) >= 11 is 1.81. The molecule has 0 aliphatic carbocycles. The molecule has 0 bridgehead atoms. The number of anilines is 1. The van der Waals surface area contributed by atoms with E-state index in [1.54, 1.807) is 0 Å². The molecule has 3 heteroatoms.